The largest absolute Gasteiger partial charge is 0.421 e. The number of halogens is 4. The number of carbonyl (C=O) groups excluding carboxylic acids is 2. The molecule has 12 heteroatoms. The van der Waals surface area contributed by atoms with Gasteiger partial charge in [-0.1, -0.05) is 41.9 Å². The van der Waals surface area contributed by atoms with Crippen molar-refractivity contribution in [1.82, 2.24) is 20.2 Å². The lowest BCUT2D eigenvalue weighted by Crippen LogP contribution is -2.27. The second-order valence-corrected chi connectivity index (χ2v) is 8.24. The van der Waals surface area contributed by atoms with Gasteiger partial charge in [-0.3, -0.25) is 9.59 Å². The molecule has 0 fully saturated rings. The van der Waals surface area contributed by atoms with Gasteiger partial charge >= 0.3 is 6.18 Å². The first kappa shape index (κ1) is 26.7. The van der Waals surface area contributed by atoms with Gasteiger partial charge in [-0.15, -0.1) is 0 Å². The predicted molar refractivity (Wildman–Crippen MR) is 131 cm³/mol. The van der Waals surface area contributed by atoms with Crippen molar-refractivity contribution in [3.63, 3.8) is 0 Å². The molecule has 0 radical (unpaired) electrons. The third-order valence-corrected chi connectivity index (χ3v) is 5.26. The Bertz CT molecular complexity index is 1220. The summed E-state index contributed by atoms with van der Waals surface area (Å²) >= 11 is 6.34. The Labute approximate surface area is 210 Å². The van der Waals surface area contributed by atoms with E-state index in [4.69, 9.17) is 11.6 Å². The molecule has 0 saturated heterocycles. The van der Waals surface area contributed by atoms with E-state index in [1.807, 2.05) is 30.3 Å². The van der Waals surface area contributed by atoms with E-state index in [9.17, 15) is 22.8 Å². The first-order valence-electron chi connectivity index (χ1n) is 10.8. The highest BCUT2D eigenvalue weighted by molar-refractivity contribution is 6.34. The van der Waals surface area contributed by atoms with Gasteiger partial charge in [0.25, 0.3) is 5.91 Å². The highest BCUT2D eigenvalue weighted by atomic mass is 35.5. The van der Waals surface area contributed by atoms with E-state index in [1.165, 1.54) is 24.0 Å². The zero-order valence-electron chi connectivity index (χ0n) is 19.5. The summed E-state index contributed by atoms with van der Waals surface area (Å²) in [5, 5.41) is 8.01. The molecule has 2 amide bonds. The van der Waals surface area contributed by atoms with Gasteiger partial charge in [0.05, 0.1) is 10.6 Å². The van der Waals surface area contributed by atoms with Crippen molar-refractivity contribution in [2.45, 2.75) is 19.6 Å². The van der Waals surface area contributed by atoms with E-state index in [0.717, 1.165) is 5.56 Å². The van der Waals surface area contributed by atoms with Crippen LogP contribution in [0.25, 0.3) is 0 Å². The van der Waals surface area contributed by atoms with Gasteiger partial charge in [-0.2, -0.15) is 18.2 Å². The SMILES string of the molecule is CC(=O)NCCNc1nc(Nc2ccc(C(=O)N(C)Cc3ccccc3)c(Cl)c2)ncc1C(F)(F)F. The van der Waals surface area contributed by atoms with Crippen LogP contribution >= 0.6 is 11.6 Å². The molecule has 3 rings (SSSR count). The molecule has 36 heavy (non-hydrogen) atoms. The van der Waals surface area contributed by atoms with Crippen LogP contribution in [0.4, 0.5) is 30.6 Å². The van der Waals surface area contributed by atoms with Crippen LogP contribution in [0.1, 0.15) is 28.4 Å². The third-order valence-electron chi connectivity index (χ3n) is 4.95. The number of benzene rings is 2. The number of hydrogen-bond acceptors (Lipinski definition) is 6. The summed E-state index contributed by atoms with van der Waals surface area (Å²) in [6.07, 6.45) is -4.01. The lowest BCUT2D eigenvalue weighted by Gasteiger charge is -2.18. The number of hydrogen-bond donors (Lipinski definition) is 3. The first-order chi connectivity index (χ1) is 17.0. The lowest BCUT2D eigenvalue weighted by molar-refractivity contribution is -0.137. The summed E-state index contributed by atoms with van der Waals surface area (Å²) in [7, 11) is 1.66. The molecule has 2 aromatic carbocycles. The maximum atomic E-state index is 13.4. The highest BCUT2D eigenvalue weighted by Crippen LogP contribution is 2.34. The number of anilines is 3. The minimum atomic E-state index is -4.67. The second kappa shape index (κ2) is 11.7. The number of nitrogens with one attached hydrogen (secondary N) is 3. The van der Waals surface area contributed by atoms with Gasteiger partial charge in [0.2, 0.25) is 11.9 Å². The predicted octanol–water partition coefficient (Wildman–Crippen LogP) is 4.71. The summed E-state index contributed by atoms with van der Waals surface area (Å²) in [6, 6.07) is 14.0. The molecule has 3 N–H and O–H groups in total. The van der Waals surface area contributed by atoms with Crippen molar-refractivity contribution in [2.24, 2.45) is 0 Å². The fraction of sp³-hybridized carbons (Fsp3) is 0.250. The molecule has 0 unspecified atom stereocenters. The summed E-state index contributed by atoms with van der Waals surface area (Å²) in [5.41, 5.74) is 0.570. The fourth-order valence-electron chi connectivity index (χ4n) is 3.23. The molecule has 1 heterocycles. The topological polar surface area (TPSA) is 99.2 Å². The van der Waals surface area contributed by atoms with Crippen molar-refractivity contribution >= 4 is 40.9 Å². The second-order valence-electron chi connectivity index (χ2n) is 7.83. The Hall–Kier alpha value is -3.86. The lowest BCUT2D eigenvalue weighted by atomic mass is 10.1. The van der Waals surface area contributed by atoms with E-state index < -0.39 is 17.6 Å². The Kier molecular flexibility index (Phi) is 8.70. The molecule has 0 bridgehead atoms. The molecular formula is C24H24ClF3N6O2. The van der Waals surface area contributed by atoms with Gasteiger partial charge in [0.1, 0.15) is 11.4 Å². The molecule has 0 aliphatic rings. The maximum absolute atomic E-state index is 13.4. The molecule has 3 aromatic rings. The number of alkyl halides is 3. The summed E-state index contributed by atoms with van der Waals surface area (Å²) in [4.78, 5) is 33.0. The van der Waals surface area contributed by atoms with Crippen LogP contribution < -0.4 is 16.0 Å². The van der Waals surface area contributed by atoms with Gasteiger partial charge in [0, 0.05) is 45.5 Å². The Balaban J connectivity index is 1.73. The van der Waals surface area contributed by atoms with Crippen LogP contribution in [0.2, 0.25) is 5.02 Å². The van der Waals surface area contributed by atoms with Crippen molar-refractivity contribution in [3.8, 4) is 0 Å². The number of carbonyl (C=O) groups is 2. The van der Waals surface area contributed by atoms with E-state index in [-0.39, 0.29) is 41.4 Å². The minimum Gasteiger partial charge on any atom is -0.368 e. The average molecular weight is 521 g/mol. The molecule has 1 aromatic heterocycles. The van der Waals surface area contributed by atoms with Crippen LogP contribution in [0.15, 0.2) is 54.7 Å². The zero-order valence-corrected chi connectivity index (χ0v) is 20.2. The molecule has 0 atom stereocenters. The summed E-state index contributed by atoms with van der Waals surface area (Å²) in [5.74, 6) is -1.14. The standard InChI is InChI=1S/C24H24ClF3N6O2/c1-15(35)29-10-11-30-21-19(24(26,27)28)13-31-23(33-21)32-17-8-9-18(20(25)12-17)22(36)34(2)14-16-6-4-3-5-7-16/h3-9,12-13H,10-11,14H2,1-2H3,(H,29,35)(H2,30,31,32,33). The molecule has 0 aliphatic carbocycles. The van der Waals surface area contributed by atoms with Crippen LogP contribution in [0.3, 0.4) is 0 Å². The first-order valence-corrected chi connectivity index (χ1v) is 11.2. The maximum Gasteiger partial charge on any atom is 0.421 e. The monoisotopic (exact) mass is 520 g/mol. The number of nitrogens with zero attached hydrogens (tertiary/aromatic N) is 3. The highest BCUT2D eigenvalue weighted by Gasteiger charge is 2.35. The van der Waals surface area contributed by atoms with Gasteiger partial charge in [-0.25, -0.2) is 4.98 Å². The van der Waals surface area contributed by atoms with Gasteiger partial charge in [-0.05, 0) is 23.8 Å². The molecule has 8 nitrogen and oxygen atoms in total. The number of amides is 2. The summed E-state index contributed by atoms with van der Waals surface area (Å²) in [6.45, 7) is 1.84. The van der Waals surface area contributed by atoms with Crippen molar-refractivity contribution in [1.29, 1.82) is 0 Å². The zero-order chi connectivity index (χ0) is 26.3. The van der Waals surface area contributed by atoms with Gasteiger partial charge in [0.15, 0.2) is 0 Å². The number of aromatic nitrogens is 2. The van der Waals surface area contributed by atoms with Crippen molar-refractivity contribution < 1.29 is 22.8 Å². The van der Waals surface area contributed by atoms with Crippen molar-refractivity contribution in [3.05, 3.63) is 76.4 Å². The number of rotatable bonds is 9. The summed E-state index contributed by atoms with van der Waals surface area (Å²) < 4.78 is 40.1. The Morgan fingerprint density at radius 2 is 1.81 bits per heavy atom. The van der Waals surface area contributed by atoms with Gasteiger partial charge < -0.3 is 20.9 Å². The minimum absolute atomic E-state index is 0.0260. The normalized spacial score (nSPS) is 11.1. The quantitative estimate of drug-likeness (QED) is 0.353. The van der Waals surface area contributed by atoms with Crippen LogP contribution in [-0.2, 0) is 17.5 Å². The molecule has 0 aliphatic heterocycles. The van der Waals surface area contributed by atoms with Crippen LogP contribution in [0, 0.1) is 0 Å². The molecule has 0 spiro atoms. The van der Waals surface area contributed by atoms with Crippen molar-refractivity contribution in [2.75, 3.05) is 30.8 Å². The third kappa shape index (κ3) is 7.32. The van der Waals surface area contributed by atoms with E-state index in [2.05, 4.69) is 25.9 Å². The molecular weight excluding hydrogens is 497 g/mol. The fourth-order valence-corrected chi connectivity index (χ4v) is 3.50. The Morgan fingerprint density at radius 3 is 2.44 bits per heavy atom. The Morgan fingerprint density at radius 1 is 1.08 bits per heavy atom. The van der Waals surface area contributed by atoms with E-state index in [0.29, 0.717) is 18.4 Å². The smallest absolute Gasteiger partial charge is 0.368 e. The molecule has 0 saturated carbocycles. The average Bonchev–Trinajstić information content (AvgIpc) is 2.81. The molecule has 190 valence electrons. The van der Waals surface area contributed by atoms with E-state index in [1.54, 1.807) is 13.1 Å². The van der Waals surface area contributed by atoms with Crippen LogP contribution in [-0.4, -0.2) is 46.8 Å². The van der Waals surface area contributed by atoms with Crippen LogP contribution in [0.5, 0.6) is 0 Å². The van der Waals surface area contributed by atoms with E-state index >= 15 is 0 Å².